The third-order valence-electron chi connectivity index (χ3n) is 6.04. The van der Waals surface area contributed by atoms with Gasteiger partial charge < -0.3 is 4.90 Å². The molecule has 4 aromatic rings. The van der Waals surface area contributed by atoms with Crippen LogP contribution in [-0.2, 0) is 19.6 Å². The van der Waals surface area contributed by atoms with Crippen LogP contribution in [0.1, 0.15) is 38.8 Å². The smallest absolute Gasteiger partial charge is 0.326 e. The highest BCUT2D eigenvalue weighted by Gasteiger charge is 2.35. The lowest BCUT2D eigenvalue weighted by molar-refractivity contribution is -0.137. The van der Waals surface area contributed by atoms with Gasteiger partial charge in [0.2, 0.25) is 0 Å². The van der Waals surface area contributed by atoms with E-state index < -0.39 is 17.8 Å². The second kappa shape index (κ2) is 7.51. The van der Waals surface area contributed by atoms with Gasteiger partial charge in [0.25, 0.3) is 5.91 Å². The molecule has 0 radical (unpaired) electrons. The number of alkyl halides is 3. The molecular formula is C25H20F3N3O. The van der Waals surface area contributed by atoms with Crippen LogP contribution in [-0.4, -0.2) is 27.1 Å². The van der Waals surface area contributed by atoms with Gasteiger partial charge in [0.05, 0.1) is 17.1 Å². The zero-order chi connectivity index (χ0) is 22.5. The van der Waals surface area contributed by atoms with E-state index >= 15 is 0 Å². The van der Waals surface area contributed by atoms with Crippen LogP contribution >= 0.6 is 0 Å². The average Bonchev–Trinajstić information content (AvgIpc) is 3.13. The number of fused-ring (bicyclic) bond motifs is 2. The fraction of sp³-hybridized carbons (Fsp3) is 0.200. The number of carbonyl (C=O) groups excluding carboxylic acids is 1. The van der Waals surface area contributed by atoms with Gasteiger partial charge in [-0.05, 0) is 41.3 Å². The maximum atomic E-state index is 13.8. The maximum Gasteiger partial charge on any atom is 0.416 e. The van der Waals surface area contributed by atoms with Crippen molar-refractivity contribution in [2.24, 2.45) is 7.05 Å². The SMILES string of the molecule is Cn1nc2ccccc2c1C(=O)N1CCc2ccccc2C1c1ccc(C(F)(F)F)cc1. The van der Waals surface area contributed by atoms with E-state index in [-0.39, 0.29) is 5.91 Å². The van der Waals surface area contributed by atoms with Gasteiger partial charge in [0.15, 0.2) is 0 Å². The molecule has 4 nitrogen and oxygen atoms in total. The number of halogens is 3. The zero-order valence-electron chi connectivity index (χ0n) is 17.3. The Balaban J connectivity index is 1.62. The standard InChI is InChI=1S/C25H20F3N3O/c1-30-23(20-8-4-5-9-21(20)29-30)24(32)31-15-14-16-6-2-3-7-19(16)22(31)17-10-12-18(13-11-17)25(26,27)28/h2-13,22H,14-15H2,1H3. The van der Waals surface area contributed by atoms with Crippen molar-refractivity contribution in [3.8, 4) is 0 Å². The fourth-order valence-corrected chi connectivity index (χ4v) is 4.54. The average molecular weight is 435 g/mol. The molecular weight excluding hydrogens is 415 g/mol. The first-order chi connectivity index (χ1) is 15.3. The van der Waals surface area contributed by atoms with Crippen molar-refractivity contribution >= 4 is 16.8 Å². The highest BCUT2D eigenvalue weighted by atomic mass is 19.4. The highest BCUT2D eigenvalue weighted by molar-refractivity contribution is 6.05. The molecule has 0 saturated carbocycles. The van der Waals surface area contributed by atoms with E-state index in [1.165, 1.54) is 12.1 Å². The van der Waals surface area contributed by atoms with Gasteiger partial charge in [0.1, 0.15) is 5.69 Å². The van der Waals surface area contributed by atoms with E-state index in [4.69, 9.17) is 0 Å². The van der Waals surface area contributed by atoms with Crippen molar-refractivity contribution in [1.29, 1.82) is 0 Å². The summed E-state index contributed by atoms with van der Waals surface area (Å²) >= 11 is 0. The third-order valence-corrected chi connectivity index (χ3v) is 6.04. The molecule has 32 heavy (non-hydrogen) atoms. The van der Waals surface area contributed by atoms with Crippen LogP contribution in [0.25, 0.3) is 10.9 Å². The minimum absolute atomic E-state index is 0.194. The van der Waals surface area contributed by atoms with Gasteiger partial charge in [0, 0.05) is 19.0 Å². The van der Waals surface area contributed by atoms with E-state index in [0.717, 1.165) is 34.2 Å². The molecule has 162 valence electrons. The summed E-state index contributed by atoms with van der Waals surface area (Å²) in [4.78, 5) is 15.5. The Morgan fingerprint density at radius 3 is 2.41 bits per heavy atom. The molecule has 0 spiro atoms. The first-order valence-corrected chi connectivity index (χ1v) is 10.3. The monoisotopic (exact) mass is 435 g/mol. The molecule has 0 N–H and O–H groups in total. The lowest BCUT2D eigenvalue weighted by atomic mass is 9.87. The number of nitrogens with zero attached hydrogens (tertiary/aromatic N) is 3. The molecule has 0 bridgehead atoms. The number of carbonyl (C=O) groups is 1. The number of amides is 1. The topological polar surface area (TPSA) is 38.1 Å². The Morgan fingerprint density at radius 2 is 1.66 bits per heavy atom. The van der Waals surface area contributed by atoms with Gasteiger partial charge in [-0.2, -0.15) is 18.3 Å². The minimum Gasteiger partial charge on any atom is -0.326 e. The van der Waals surface area contributed by atoms with Crippen molar-refractivity contribution in [3.63, 3.8) is 0 Å². The molecule has 1 aromatic heterocycles. The van der Waals surface area contributed by atoms with E-state index in [9.17, 15) is 18.0 Å². The van der Waals surface area contributed by atoms with Crippen LogP contribution in [0.2, 0.25) is 0 Å². The summed E-state index contributed by atoms with van der Waals surface area (Å²) in [6.45, 7) is 0.459. The molecule has 7 heteroatoms. The molecule has 2 heterocycles. The van der Waals surface area contributed by atoms with Crippen molar-refractivity contribution in [3.05, 3.63) is 101 Å². The van der Waals surface area contributed by atoms with E-state index in [2.05, 4.69) is 5.10 Å². The zero-order valence-corrected chi connectivity index (χ0v) is 17.3. The van der Waals surface area contributed by atoms with Crippen LogP contribution in [0.5, 0.6) is 0 Å². The Bertz CT molecular complexity index is 1310. The van der Waals surface area contributed by atoms with E-state index in [1.54, 1.807) is 16.6 Å². The number of rotatable bonds is 2. The van der Waals surface area contributed by atoms with E-state index in [1.807, 2.05) is 48.5 Å². The Hall–Kier alpha value is -3.61. The minimum atomic E-state index is -4.41. The number of hydrogen-bond donors (Lipinski definition) is 0. The van der Waals surface area contributed by atoms with Crippen LogP contribution in [0.4, 0.5) is 13.2 Å². The third kappa shape index (κ3) is 3.34. The van der Waals surface area contributed by atoms with Crippen LogP contribution in [0, 0.1) is 0 Å². The first-order valence-electron chi connectivity index (χ1n) is 10.3. The Labute approximate surface area is 182 Å². The van der Waals surface area contributed by atoms with Crippen molar-refractivity contribution in [1.82, 2.24) is 14.7 Å². The Kier molecular flexibility index (Phi) is 4.77. The number of hydrogen-bond acceptors (Lipinski definition) is 2. The second-order valence-corrected chi connectivity index (χ2v) is 7.96. The number of aryl methyl sites for hydroxylation is 1. The molecule has 0 fully saturated rings. The summed E-state index contributed by atoms with van der Waals surface area (Å²) in [6, 6.07) is 19.8. The fourth-order valence-electron chi connectivity index (χ4n) is 4.54. The van der Waals surface area contributed by atoms with E-state index in [0.29, 0.717) is 24.2 Å². The van der Waals surface area contributed by atoms with Crippen LogP contribution < -0.4 is 0 Å². The second-order valence-electron chi connectivity index (χ2n) is 7.96. The normalized spacial score (nSPS) is 16.2. The van der Waals surface area contributed by atoms with Gasteiger partial charge in [-0.25, -0.2) is 0 Å². The van der Waals surface area contributed by atoms with Gasteiger partial charge in [-0.1, -0.05) is 54.6 Å². The maximum absolute atomic E-state index is 13.8. The van der Waals surface area contributed by atoms with Gasteiger partial charge in [-0.3, -0.25) is 9.48 Å². The van der Waals surface area contributed by atoms with Crippen molar-refractivity contribution < 1.29 is 18.0 Å². The highest BCUT2D eigenvalue weighted by Crippen LogP contribution is 2.38. The lowest BCUT2D eigenvalue weighted by Crippen LogP contribution is -2.41. The summed E-state index contributed by atoms with van der Waals surface area (Å²) < 4.78 is 40.9. The molecule has 1 unspecified atom stereocenters. The number of benzene rings is 3. The van der Waals surface area contributed by atoms with Crippen molar-refractivity contribution in [2.45, 2.75) is 18.6 Å². The summed E-state index contributed by atoms with van der Waals surface area (Å²) in [5.41, 5.74) is 3.15. The molecule has 5 rings (SSSR count). The summed E-state index contributed by atoms with van der Waals surface area (Å²) in [5.74, 6) is -0.194. The predicted octanol–water partition coefficient (Wildman–Crippen LogP) is 5.38. The van der Waals surface area contributed by atoms with Crippen LogP contribution in [0.15, 0.2) is 72.8 Å². The quantitative estimate of drug-likeness (QED) is 0.424. The molecule has 0 aliphatic carbocycles. The largest absolute Gasteiger partial charge is 0.416 e. The Morgan fingerprint density at radius 1 is 0.969 bits per heavy atom. The predicted molar refractivity (Wildman–Crippen MR) is 115 cm³/mol. The van der Waals surface area contributed by atoms with Crippen LogP contribution in [0.3, 0.4) is 0 Å². The molecule has 1 aliphatic heterocycles. The van der Waals surface area contributed by atoms with Gasteiger partial charge >= 0.3 is 6.18 Å². The lowest BCUT2D eigenvalue weighted by Gasteiger charge is -2.38. The first kappa shape index (κ1) is 20.3. The molecule has 1 amide bonds. The van der Waals surface area contributed by atoms with Gasteiger partial charge in [-0.15, -0.1) is 0 Å². The van der Waals surface area contributed by atoms with Crippen molar-refractivity contribution in [2.75, 3.05) is 6.54 Å². The molecule has 3 aromatic carbocycles. The summed E-state index contributed by atoms with van der Waals surface area (Å²) in [5, 5.41) is 5.21. The summed E-state index contributed by atoms with van der Waals surface area (Å²) in [7, 11) is 1.73. The number of aromatic nitrogens is 2. The summed E-state index contributed by atoms with van der Waals surface area (Å²) in [6.07, 6.45) is -3.74. The molecule has 0 saturated heterocycles. The molecule has 1 atom stereocenters. The molecule has 1 aliphatic rings.